The van der Waals surface area contributed by atoms with Crippen molar-refractivity contribution in [2.75, 3.05) is 6.54 Å². The molecule has 1 amide bonds. The molecule has 3 N–H and O–H groups in total. The normalized spacial score (nSPS) is 10.7. The maximum absolute atomic E-state index is 12.3. The lowest BCUT2D eigenvalue weighted by Crippen LogP contribution is -2.25. The fourth-order valence-electron chi connectivity index (χ4n) is 2.65. The van der Waals surface area contributed by atoms with Crippen molar-refractivity contribution in [3.63, 3.8) is 0 Å². The van der Waals surface area contributed by atoms with E-state index < -0.39 is 0 Å². The van der Waals surface area contributed by atoms with Gasteiger partial charge in [0, 0.05) is 42.7 Å². The second kappa shape index (κ2) is 7.61. The van der Waals surface area contributed by atoms with E-state index in [2.05, 4.69) is 35.7 Å². The molecule has 27 heavy (non-hydrogen) atoms. The fraction of sp³-hybridized carbons (Fsp3) is 0.105. The average Bonchev–Trinajstić information content (AvgIpc) is 3.41. The number of aromatic amines is 2. The van der Waals surface area contributed by atoms with Crippen molar-refractivity contribution in [1.82, 2.24) is 35.7 Å². The van der Waals surface area contributed by atoms with Crippen LogP contribution in [0.4, 0.5) is 0 Å². The van der Waals surface area contributed by atoms with Crippen LogP contribution in [0.2, 0.25) is 0 Å². The second-order valence-electron chi connectivity index (χ2n) is 5.90. The van der Waals surface area contributed by atoms with Crippen LogP contribution in [-0.2, 0) is 6.42 Å². The Labute approximate surface area is 155 Å². The SMILES string of the molecule is O=C(NCCc1nc(-c2cccnc2)n[nH]1)c1ccc(-c2ccn[nH]2)cc1. The fourth-order valence-corrected chi connectivity index (χ4v) is 2.65. The molecule has 0 aliphatic carbocycles. The van der Waals surface area contributed by atoms with E-state index in [-0.39, 0.29) is 5.91 Å². The highest BCUT2D eigenvalue weighted by atomic mass is 16.1. The first kappa shape index (κ1) is 16.6. The van der Waals surface area contributed by atoms with E-state index in [1.807, 2.05) is 30.3 Å². The van der Waals surface area contributed by atoms with Crippen molar-refractivity contribution in [2.24, 2.45) is 0 Å². The van der Waals surface area contributed by atoms with Gasteiger partial charge in [-0.3, -0.25) is 20.0 Å². The van der Waals surface area contributed by atoms with Crippen LogP contribution in [0, 0.1) is 0 Å². The minimum absolute atomic E-state index is 0.127. The molecule has 0 unspecified atom stereocenters. The predicted molar refractivity (Wildman–Crippen MR) is 99.7 cm³/mol. The molecule has 8 heteroatoms. The topological polar surface area (TPSA) is 112 Å². The molecule has 0 saturated carbocycles. The third kappa shape index (κ3) is 3.90. The standard InChI is InChI=1S/C19H17N7O/c27-19(14-5-3-13(4-6-14)16-7-11-22-24-16)21-10-8-17-23-18(26-25-17)15-2-1-9-20-12-15/h1-7,9,11-12H,8,10H2,(H,21,27)(H,22,24)(H,23,25,26). The molecule has 0 saturated heterocycles. The summed E-state index contributed by atoms with van der Waals surface area (Å²) < 4.78 is 0. The quantitative estimate of drug-likeness (QED) is 0.489. The van der Waals surface area contributed by atoms with E-state index in [1.54, 1.807) is 30.7 Å². The molecule has 0 aliphatic rings. The highest BCUT2D eigenvalue weighted by molar-refractivity contribution is 5.94. The minimum Gasteiger partial charge on any atom is -0.352 e. The van der Waals surface area contributed by atoms with Crippen LogP contribution < -0.4 is 5.32 Å². The summed E-state index contributed by atoms with van der Waals surface area (Å²) >= 11 is 0. The molecule has 0 fully saturated rings. The van der Waals surface area contributed by atoms with Crippen molar-refractivity contribution in [3.8, 4) is 22.6 Å². The number of hydrogen-bond acceptors (Lipinski definition) is 5. The number of nitrogens with one attached hydrogen (secondary N) is 3. The molecule has 3 heterocycles. The largest absolute Gasteiger partial charge is 0.352 e. The summed E-state index contributed by atoms with van der Waals surface area (Å²) in [6.45, 7) is 0.461. The number of aromatic nitrogens is 6. The first-order valence-electron chi connectivity index (χ1n) is 8.49. The van der Waals surface area contributed by atoms with Gasteiger partial charge in [0.1, 0.15) is 5.82 Å². The summed E-state index contributed by atoms with van der Waals surface area (Å²) in [6, 6.07) is 13.0. The van der Waals surface area contributed by atoms with Crippen molar-refractivity contribution >= 4 is 5.91 Å². The number of amides is 1. The summed E-state index contributed by atoms with van der Waals surface area (Å²) in [7, 11) is 0. The summed E-state index contributed by atoms with van der Waals surface area (Å²) in [6.07, 6.45) is 5.67. The lowest BCUT2D eigenvalue weighted by atomic mass is 10.1. The van der Waals surface area contributed by atoms with E-state index in [0.717, 1.165) is 16.8 Å². The molecule has 0 radical (unpaired) electrons. The number of H-pyrrole nitrogens is 2. The average molecular weight is 359 g/mol. The summed E-state index contributed by atoms with van der Waals surface area (Å²) in [4.78, 5) is 20.8. The van der Waals surface area contributed by atoms with Gasteiger partial charge in [-0.25, -0.2) is 4.98 Å². The van der Waals surface area contributed by atoms with Gasteiger partial charge >= 0.3 is 0 Å². The van der Waals surface area contributed by atoms with E-state index in [4.69, 9.17) is 0 Å². The molecule has 0 spiro atoms. The van der Waals surface area contributed by atoms with Gasteiger partial charge in [-0.2, -0.15) is 10.2 Å². The van der Waals surface area contributed by atoms with Gasteiger partial charge in [0.15, 0.2) is 5.82 Å². The molecule has 1 aromatic carbocycles. The smallest absolute Gasteiger partial charge is 0.251 e. The Bertz CT molecular complexity index is 1010. The molecule has 4 rings (SSSR count). The molecule has 134 valence electrons. The van der Waals surface area contributed by atoms with Crippen LogP contribution in [0.1, 0.15) is 16.2 Å². The lowest BCUT2D eigenvalue weighted by molar-refractivity contribution is 0.0954. The molecular formula is C19H17N7O. The molecular weight excluding hydrogens is 342 g/mol. The third-order valence-electron chi connectivity index (χ3n) is 4.06. The van der Waals surface area contributed by atoms with Crippen LogP contribution in [0.5, 0.6) is 0 Å². The Balaban J connectivity index is 1.31. The van der Waals surface area contributed by atoms with Crippen molar-refractivity contribution < 1.29 is 4.79 Å². The van der Waals surface area contributed by atoms with Gasteiger partial charge in [0.2, 0.25) is 0 Å². The summed E-state index contributed by atoms with van der Waals surface area (Å²) in [5.74, 6) is 1.18. The number of carbonyl (C=O) groups excluding carboxylic acids is 1. The number of hydrogen-bond donors (Lipinski definition) is 3. The number of benzene rings is 1. The number of carbonyl (C=O) groups is 1. The Hall–Kier alpha value is -3.81. The van der Waals surface area contributed by atoms with Gasteiger partial charge in [0.25, 0.3) is 5.91 Å². The highest BCUT2D eigenvalue weighted by Gasteiger charge is 2.08. The first-order chi connectivity index (χ1) is 13.3. The Morgan fingerprint density at radius 3 is 2.63 bits per heavy atom. The zero-order chi connectivity index (χ0) is 18.5. The van der Waals surface area contributed by atoms with E-state index in [1.165, 1.54) is 0 Å². The first-order valence-corrected chi connectivity index (χ1v) is 8.49. The van der Waals surface area contributed by atoms with Crippen molar-refractivity contribution in [2.45, 2.75) is 6.42 Å². The maximum atomic E-state index is 12.3. The van der Waals surface area contributed by atoms with Crippen LogP contribution in [0.3, 0.4) is 0 Å². The Morgan fingerprint density at radius 2 is 1.89 bits per heavy atom. The van der Waals surface area contributed by atoms with Crippen LogP contribution in [-0.4, -0.2) is 42.8 Å². The van der Waals surface area contributed by atoms with Crippen molar-refractivity contribution in [3.05, 3.63) is 72.4 Å². The van der Waals surface area contributed by atoms with Gasteiger partial charge in [-0.1, -0.05) is 12.1 Å². The second-order valence-corrected chi connectivity index (χ2v) is 5.90. The molecule has 0 aliphatic heterocycles. The molecule has 3 aromatic heterocycles. The minimum atomic E-state index is -0.127. The van der Waals surface area contributed by atoms with Gasteiger partial charge in [-0.15, -0.1) is 0 Å². The number of pyridine rings is 1. The Kier molecular flexibility index (Phi) is 4.69. The zero-order valence-corrected chi connectivity index (χ0v) is 14.4. The summed E-state index contributed by atoms with van der Waals surface area (Å²) in [5.41, 5.74) is 3.35. The van der Waals surface area contributed by atoms with Crippen molar-refractivity contribution in [1.29, 1.82) is 0 Å². The van der Waals surface area contributed by atoms with Crippen LogP contribution in [0.25, 0.3) is 22.6 Å². The maximum Gasteiger partial charge on any atom is 0.251 e. The molecule has 4 aromatic rings. The van der Waals surface area contributed by atoms with E-state index in [9.17, 15) is 4.79 Å². The van der Waals surface area contributed by atoms with Gasteiger partial charge < -0.3 is 5.32 Å². The van der Waals surface area contributed by atoms with Crippen LogP contribution in [0.15, 0.2) is 61.1 Å². The molecule has 0 atom stereocenters. The summed E-state index contributed by atoms with van der Waals surface area (Å²) in [5, 5.41) is 16.8. The third-order valence-corrected chi connectivity index (χ3v) is 4.06. The molecule has 0 bridgehead atoms. The van der Waals surface area contributed by atoms with E-state index >= 15 is 0 Å². The predicted octanol–water partition coefficient (Wildman–Crippen LogP) is 2.23. The monoisotopic (exact) mass is 359 g/mol. The number of nitrogens with zero attached hydrogens (tertiary/aromatic N) is 4. The van der Waals surface area contributed by atoms with Crippen LogP contribution >= 0.6 is 0 Å². The van der Waals surface area contributed by atoms with Gasteiger partial charge in [0.05, 0.1) is 5.69 Å². The Morgan fingerprint density at radius 1 is 1.00 bits per heavy atom. The zero-order valence-electron chi connectivity index (χ0n) is 14.4. The lowest BCUT2D eigenvalue weighted by Gasteiger charge is -2.05. The molecule has 8 nitrogen and oxygen atoms in total. The van der Waals surface area contributed by atoms with Gasteiger partial charge in [-0.05, 0) is 35.9 Å². The van der Waals surface area contributed by atoms with E-state index in [0.29, 0.717) is 30.2 Å². The highest BCUT2D eigenvalue weighted by Crippen LogP contribution is 2.16. The number of rotatable bonds is 6.